The van der Waals surface area contributed by atoms with Gasteiger partial charge in [-0.1, -0.05) is 0 Å². The minimum Gasteiger partial charge on any atom is -0.340 e. The Kier molecular flexibility index (Phi) is 5.77. The van der Waals surface area contributed by atoms with Crippen LogP contribution < -0.4 is 5.32 Å². The van der Waals surface area contributed by atoms with Crippen LogP contribution in [-0.2, 0) is 11.3 Å². The number of piperazine rings is 2. The van der Waals surface area contributed by atoms with E-state index in [1.807, 2.05) is 10.4 Å². The molecule has 1 aromatic heterocycles. The van der Waals surface area contributed by atoms with Crippen molar-refractivity contribution in [2.75, 3.05) is 58.9 Å². The highest BCUT2D eigenvalue weighted by molar-refractivity contribution is 7.07. The van der Waals surface area contributed by atoms with E-state index >= 15 is 0 Å². The summed E-state index contributed by atoms with van der Waals surface area (Å²) in [6.45, 7) is 9.68. The first-order chi connectivity index (χ1) is 10.8. The molecule has 1 amide bonds. The van der Waals surface area contributed by atoms with E-state index in [9.17, 15) is 4.79 Å². The van der Waals surface area contributed by atoms with E-state index in [4.69, 9.17) is 0 Å². The van der Waals surface area contributed by atoms with Crippen molar-refractivity contribution in [1.82, 2.24) is 25.0 Å². The second-order valence-electron chi connectivity index (χ2n) is 5.98. The van der Waals surface area contributed by atoms with Gasteiger partial charge in [0, 0.05) is 77.2 Å². The van der Waals surface area contributed by atoms with Gasteiger partial charge in [0.1, 0.15) is 0 Å². The summed E-state index contributed by atoms with van der Waals surface area (Å²) in [7, 11) is 0. The summed E-state index contributed by atoms with van der Waals surface area (Å²) >= 11 is 1.66. The Morgan fingerprint density at radius 1 is 1.14 bits per heavy atom. The first-order valence-corrected chi connectivity index (χ1v) is 9.06. The van der Waals surface area contributed by atoms with Gasteiger partial charge >= 0.3 is 0 Å². The molecular formula is C15H25N5OS. The topological polar surface area (TPSA) is 51.7 Å². The minimum atomic E-state index is 0.311. The molecule has 3 heterocycles. The van der Waals surface area contributed by atoms with Gasteiger partial charge < -0.3 is 15.1 Å². The molecule has 22 heavy (non-hydrogen) atoms. The fourth-order valence-electron chi connectivity index (χ4n) is 3.04. The molecular weight excluding hydrogens is 298 g/mol. The molecule has 2 saturated heterocycles. The number of nitrogens with one attached hydrogen (secondary N) is 1. The lowest BCUT2D eigenvalue weighted by Crippen LogP contribution is -2.49. The van der Waals surface area contributed by atoms with Crippen molar-refractivity contribution in [2.45, 2.75) is 13.0 Å². The molecule has 7 heteroatoms. The quantitative estimate of drug-likeness (QED) is 0.832. The third kappa shape index (κ3) is 4.49. The van der Waals surface area contributed by atoms with E-state index in [2.05, 4.69) is 25.5 Å². The Morgan fingerprint density at radius 3 is 2.55 bits per heavy atom. The van der Waals surface area contributed by atoms with Crippen LogP contribution >= 0.6 is 11.3 Å². The van der Waals surface area contributed by atoms with Crippen molar-refractivity contribution in [1.29, 1.82) is 0 Å². The van der Waals surface area contributed by atoms with E-state index < -0.39 is 0 Å². The summed E-state index contributed by atoms with van der Waals surface area (Å²) in [5, 5.41) is 5.41. The van der Waals surface area contributed by atoms with Crippen LogP contribution in [0.2, 0.25) is 0 Å². The zero-order valence-corrected chi connectivity index (χ0v) is 13.9. The molecule has 3 rings (SSSR count). The van der Waals surface area contributed by atoms with Crippen LogP contribution in [0.3, 0.4) is 0 Å². The predicted molar refractivity (Wildman–Crippen MR) is 87.9 cm³/mol. The molecule has 122 valence electrons. The van der Waals surface area contributed by atoms with Crippen molar-refractivity contribution >= 4 is 17.2 Å². The number of aromatic nitrogens is 1. The molecule has 0 unspecified atom stereocenters. The average Bonchev–Trinajstić information content (AvgIpc) is 3.08. The zero-order valence-electron chi connectivity index (χ0n) is 13.0. The first kappa shape index (κ1) is 15.9. The standard InChI is InChI=1S/C15H25N5OS/c21-15(20-5-2-16-3-6-20)1-4-18-7-9-19(10-8-18)11-14-12-22-13-17-14/h12-13,16H,1-11H2. The van der Waals surface area contributed by atoms with Crippen LogP contribution in [0.4, 0.5) is 0 Å². The third-order valence-electron chi connectivity index (χ3n) is 4.45. The fraction of sp³-hybridized carbons (Fsp3) is 0.733. The number of carbonyl (C=O) groups excluding carboxylic acids is 1. The molecule has 0 saturated carbocycles. The van der Waals surface area contributed by atoms with E-state index in [1.54, 1.807) is 11.3 Å². The van der Waals surface area contributed by atoms with Gasteiger partial charge in [0.15, 0.2) is 0 Å². The third-order valence-corrected chi connectivity index (χ3v) is 5.08. The Hall–Kier alpha value is -1.02. The normalized spacial score (nSPS) is 21.2. The second kappa shape index (κ2) is 8.01. The molecule has 1 aromatic rings. The van der Waals surface area contributed by atoms with Crippen LogP contribution in [0.15, 0.2) is 10.9 Å². The summed E-state index contributed by atoms with van der Waals surface area (Å²) in [6, 6.07) is 0. The Bertz CT molecular complexity index is 453. The van der Waals surface area contributed by atoms with Gasteiger partial charge in [-0.25, -0.2) is 4.98 Å². The molecule has 1 N–H and O–H groups in total. The van der Waals surface area contributed by atoms with Gasteiger partial charge in [0.2, 0.25) is 5.91 Å². The molecule has 0 aliphatic carbocycles. The van der Waals surface area contributed by atoms with Gasteiger partial charge in [0.25, 0.3) is 0 Å². The van der Waals surface area contributed by atoms with Gasteiger partial charge in [0.05, 0.1) is 11.2 Å². The van der Waals surface area contributed by atoms with Crippen LogP contribution in [0, 0.1) is 0 Å². The number of hydrogen-bond acceptors (Lipinski definition) is 6. The Labute approximate surface area is 136 Å². The highest BCUT2D eigenvalue weighted by Crippen LogP contribution is 2.09. The lowest BCUT2D eigenvalue weighted by Gasteiger charge is -2.35. The molecule has 6 nitrogen and oxygen atoms in total. The summed E-state index contributed by atoms with van der Waals surface area (Å²) in [4.78, 5) is 23.4. The number of hydrogen-bond donors (Lipinski definition) is 1. The summed E-state index contributed by atoms with van der Waals surface area (Å²) in [5.41, 5.74) is 3.07. The molecule has 0 spiro atoms. The number of rotatable bonds is 5. The Morgan fingerprint density at radius 2 is 1.86 bits per heavy atom. The minimum absolute atomic E-state index is 0.311. The fourth-order valence-corrected chi connectivity index (χ4v) is 3.59. The number of amides is 1. The zero-order chi connectivity index (χ0) is 15.2. The monoisotopic (exact) mass is 323 g/mol. The molecule has 2 aliphatic heterocycles. The maximum Gasteiger partial charge on any atom is 0.223 e. The van der Waals surface area contributed by atoms with Gasteiger partial charge in [-0.15, -0.1) is 11.3 Å². The number of thiazole rings is 1. The SMILES string of the molecule is O=C(CCN1CCN(Cc2cscn2)CC1)N1CCNCC1. The highest BCUT2D eigenvalue weighted by Gasteiger charge is 2.20. The largest absolute Gasteiger partial charge is 0.340 e. The molecule has 2 fully saturated rings. The van der Waals surface area contributed by atoms with Gasteiger partial charge in [-0.05, 0) is 0 Å². The summed E-state index contributed by atoms with van der Waals surface area (Å²) in [5.74, 6) is 0.311. The summed E-state index contributed by atoms with van der Waals surface area (Å²) < 4.78 is 0. The maximum absolute atomic E-state index is 12.2. The lowest BCUT2D eigenvalue weighted by molar-refractivity contribution is -0.132. The van der Waals surface area contributed by atoms with Gasteiger partial charge in [-0.2, -0.15) is 0 Å². The summed E-state index contributed by atoms with van der Waals surface area (Å²) in [6.07, 6.45) is 0.659. The lowest BCUT2D eigenvalue weighted by atomic mass is 10.2. The van der Waals surface area contributed by atoms with Crippen LogP contribution in [-0.4, -0.2) is 84.5 Å². The molecule has 0 aromatic carbocycles. The van der Waals surface area contributed by atoms with Crippen molar-refractivity contribution in [3.63, 3.8) is 0 Å². The van der Waals surface area contributed by atoms with Crippen molar-refractivity contribution < 1.29 is 4.79 Å². The molecule has 0 atom stereocenters. The van der Waals surface area contributed by atoms with Crippen molar-refractivity contribution in [2.24, 2.45) is 0 Å². The van der Waals surface area contributed by atoms with E-state index in [1.165, 1.54) is 5.69 Å². The molecule has 0 radical (unpaired) electrons. The van der Waals surface area contributed by atoms with Gasteiger partial charge in [-0.3, -0.25) is 9.69 Å². The van der Waals surface area contributed by atoms with Crippen LogP contribution in [0.5, 0.6) is 0 Å². The second-order valence-corrected chi connectivity index (χ2v) is 6.70. The molecule has 2 aliphatic rings. The number of carbonyl (C=O) groups is 1. The Balaban J connectivity index is 1.34. The van der Waals surface area contributed by atoms with Crippen LogP contribution in [0.1, 0.15) is 12.1 Å². The maximum atomic E-state index is 12.2. The van der Waals surface area contributed by atoms with E-state index in [0.717, 1.165) is 65.4 Å². The van der Waals surface area contributed by atoms with Crippen molar-refractivity contribution in [3.8, 4) is 0 Å². The predicted octanol–water partition coefficient (Wildman–Crippen LogP) is 0.0826. The van der Waals surface area contributed by atoms with E-state index in [0.29, 0.717) is 12.3 Å². The smallest absolute Gasteiger partial charge is 0.223 e. The van der Waals surface area contributed by atoms with Crippen molar-refractivity contribution in [3.05, 3.63) is 16.6 Å². The first-order valence-electron chi connectivity index (χ1n) is 8.11. The molecule has 0 bridgehead atoms. The van der Waals surface area contributed by atoms with Crippen LogP contribution in [0.25, 0.3) is 0 Å². The number of nitrogens with zero attached hydrogens (tertiary/aromatic N) is 4. The van der Waals surface area contributed by atoms with E-state index in [-0.39, 0.29) is 0 Å². The highest BCUT2D eigenvalue weighted by atomic mass is 32.1. The average molecular weight is 323 g/mol.